The number of carbonyl (C=O) groups is 1. The third-order valence-corrected chi connectivity index (χ3v) is 2.19. The van der Waals surface area contributed by atoms with Crippen molar-refractivity contribution in [1.82, 2.24) is 0 Å². The van der Waals surface area contributed by atoms with Gasteiger partial charge < -0.3 is 15.2 Å². The van der Waals surface area contributed by atoms with Gasteiger partial charge in [-0.1, -0.05) is 12.1 Å². The molecule has 0 aliphatic carbocycles. The number of aryl methyl sites for hydroxylation is 1. The Morgan fingerprint density at radius 2 is 2.31 bits per heavy atom. The van der Waals surface area contributed by atoms with Crippen LogP contribution in [-0.4, -0.2) is 30.8 Å². The fourth-order valence-corrected chi connectivity index (χ4v) is 1.34. The van der Waals surface area contributed by atoms with Gasteiger partial charge in [-0.2, -0.15) is 0 Å². The number of rotatable bonds is 5. The van der Waals surface area contributed by atoms with Crippen molar-refractivity contribution in [1.29, 1.82) is 0 Å². The van der Waals surface area contributed by atoms with Crippen LogP contribution in [0.15, 0.2) is 24.3 Å². The number of anilines is 1. The number of hydrogen-bond donors (Lipinski definition) is 2. The van der Waals surface area contributed by atoms with Gasteiger partial charge >= 0.3 is 5.97 Å². The van der Waals surface area contributed by atoms with E-state index in [0.29, 0.717) is 6.54 Å². The van der Waals surface area contributed by atoms with E-state index in [-0.39, 0.29) is 6.42 Å². The lowest BCUT2D eigenvalue weighted by Crippen LogP contribution is -2.23. The molecule has 0 radical (unpaired) electrons. The summed E-state index contributed by atoms with van der Waals surface area (Å²) in [7, 11) is 1.31. The number of benzene rings is 1. The Labute approximate surface area is 95.2 Å². The molecule has 0 amide bonds. The van der Waals surface area contributed by atoms with Crippen LogP contribution in [0.5, 0.6) is 0 Å². The van der Waals surface area contributed by atoms with E-state index in [9.17, 15) is 9.90 Å². The molecule has 0 aromatic heterocycles. The van der Waals surface area contributed by atoms with Gasteiger partial charge in [0.15, 0.2) is 0 Å². The van der Waals surface area contributed by atoms with Crippen LogP contribution < -0.4 is 5.32 Å². The van der Waals surface area contributed by atoms with Gasteiger partial charge in [0.2, 0.25) is 0 Å². The van der Waals surface area contributed by atoms with Gasteiger partial charge in [0.05, 0.1) is 19.6 Å². The third-order valence-electron chi connectivity index (χ3n) is 2.19. The van der Waals surface area contributed by atoms with Crippen LogP contribution in [0.4, 0.5) is 5.69 Å². The summed E-state index contributed by atoms with van der Waals surface area (Å²) >= 11 is 0. The highest BCUT2D eigenvalue weighted by molar-refractivity contribution is 5.69. The number of hydrogen-bond acceptors (Lipinski definition) is 4. The van der Waals surface area contributed by atoms with Gasteiger partial charge in [0, 0.05) is 12.2 Å². The average molecular weight is 223 g/mol. The summed E-state index contributed by atoms with van der Waals surface area (Å²) < 4.78 is 4.47. The van der Waals surface area contributed by atoms with E-state index < -0.39 is 12.1 Å². The minimum absolute atomic E-state index is 0.00924. The maximum atomic E-state index is 10.9. The average Bonchev–Trinajstić information content (AvgIpc) is 2.26. The Balaban J connectivity index is 2.37. The normalized spacial score (nSPS) is 11.9. The molecular formula is C12H17NO3. The molecule has 16 heavy (non-hydrogen) atoms. The van der Waals surface area contributed by atoms with Gasteiger partial charge in [-0.15, -0.1) is 0 Å². The van der Waals surface area contributed by atoms with Crippen molar-refractivity contribution in [2.45, 2.75) is 19.4 Å². The maximum Gasteiger partial charge on any atom is 0.308 e. The largest absolute Gasteiger partial charge is 0.469 e. The number of methoxy groups -OCH3 is 1. The minimum atomic E-state index is -0.729. The second-order valence-electron chi connectivity index (χ2n) is 3.68. The van der Waals surface area contributed by atoms with Gasteiger partial charge in [-0.05, 0) is 24.6 Å². The van der Waals surface area contributed by atoms with Crippen molar-refractivity contribution in [2.75, 3.05) is 19.0 Å². The zero-order valence-electron chi connectivity index (χ0n) is 9.56. The first-order valence-corrected chi connectivity index (χ1v) is 5.17. The van der Waals surface area contributed by atoms with E-state index in [1.807, 2.05) is 31.2 Å². The molecule has 0 aliphatic rings. The molecule has 4 heteroatoms. The lowest BCUT2D eigenvalue weighted by molar-refractivity contribution is -0.142. The number of nitrogens with one attached hydrogen (secondary N) is 1. The zero-order valence-corrected chi connectivity index (χ0v) is 9.56. The lowest BCUT2D eigenvalue weighted by atomic mass is 10.2. The molecule has 1 unspecified atom stereocenters. The summed E-state index contributed by atoms with van der Waals surface area (Å²) in [6.07, 6.45) is -0.719. The number of aliphatic hydroxyl groups is 1. The van der Waals surface area contributed by atoms with Gasteiger partial charge in [0.25, 0.3) is 0 Å². The fraction of sp³-hybridized carbons (Fsp3) is 0.417. The molecule has 0 heterocycles. The van der Waals surface area contributed by atoms with Crippen molar-refractivity contribution < 1.29 is 14.6 Å². The SMILES string of the molecule is COC(=O)CC(O)CNc1cccc(C)c1. The van der Waals surface area contributed by atoms with Gasteiger partial charge in [-0.3, -0.25) is 4.79 Å². The molecule has 0 spiro atoms. The van der Waals surface area contributed by atoms with Crippen LogP contribution in [0.1, 0.15) is 12.0 Å². The quantitative estimate of drug-likeness (QED) is 0.739. The van der Waals surface area contributed by atoms with Crippen molar-refractivity contribution in [2.24, 2.45) is 0 Å². The van der Waals surface area contributed by atoms with E-state index in [2.05, 4.69) is 10.1 Å². The van der Waals surface area contributed by atoms with Crippen molar-refractivity contribution in [3.8, 4) is 0 Å². The van der Waals surface area contributed by atoms with Crippen LogP contribution in [0, 0.1) is 6.92 Å². The summed E-state index contributed by atoms with van der Waals surface area (Å²) in [5.41, 5.74) is 2.08. The molecule has 0 aliphatic heterocycles. The summed E-state index contributed by atoms with van der Waals surface area (Å²) in [6, 6.07) is 7.82. The van der Waals surface area contributed by atoms with Crippen molar-refractivity contribution >= 4 is 11.7 Å². The monoisotopic (exact) mass is 223 g/mol. The van der Waals surface area contributed by atoms with E-state index in [0.717, 1.165) is 11.3 Å². The van der Waals surface area contributed by atoms with Gasteiger partial charge in [0.1, 0.15) is 0 Å². The number of aliphatic hydroxyl groups excluding tert-OH is 1. The molecule has 0 saturated carbocycles. The molecule has 4 nitrogen and oxygen atoms in total. The van der Waals surface area contributed by atoms with Crippen molar-refractivity contribution in [3.63, 3.8) is 0 Å². The number of carbonyl (C=O) groups excluding carboxylic acids is 1. The molecule has 0 fully saturated rings. The van der Waals surface area contributed by atoms with E-state index in [1.54, 1.807) is 0 Å². The topological polar surface area (TPSA) is 58.6 Å². The molecule has 0 bridgehead atoms. The highest BCUT2D eigenvalue weighted by atomic mass is 16.5. The first-order chi connectivity index (χ1) is 7.61. The Morgan fingerprint density at radius 1 is 1.56 bits per heavy atom. The number of esters is 1. The van der Waals surface area contributed by atoms with Crippen LogP contribution in [0.25, 0.3) is 0 Å². The second-order valence-corrected chi connectivity index (χ2v) is 3.68. The Kier molecular flexibility index (Phi) is 4.79. The summed E-state index contributed by atoms with van der Waals surface area (Å²) in [5, 5.41) is 12.6. The predicted molar refractivity (Wildman–Crippen MR) is 62.3 cm³/mol. The summed E-state index contributed by atoms with van der Waals surface area (Å²) in [4.78, 5) is 10.9. The number of ether oxygens (including phenoxy) is 1. The summed E-state index contributed by atoms with van der Waals surface area (Å²) in [6.45, 7) is 2.33. The van der Waals surface area contributed by atoms with Crippen LogP contribution in [0.2, 0.25) is 0 Å². The van der Waals surface area contributed by atoms with E-state index >= 15 is 0 Å². The first-order valence-electron chi connectivity index (χ1n) is 5.17. The first kappa shape index (κ1) is 12.5. The Hall–Kier alpha value is -1.55. The van der Waals surface area contributed by atoms with Crippen molar-refractivity contribution in [3.05, 3.63) is 29.8 Å². The van der Waals surface area contributed by atoms with Crippen LogP contribution in [0.3, 0.4) is 0 Å². The second kappa shape index (κ2) is 6.12. The highest BCUT2D eigenvalue weighted by Crippen LogP contribution is 2.09. The summed E-state index contributed by atoms with van der Waals surface area (Å²) in [5.74, 6) is -0.404. The molecule has 1 aromatic rings. The lowest BCUT2D eigenvalue weighted by Gasteiger charge is -2.11. The third kappa shape index (κ3) is 4.31. The molecule has 0 saturated heterocycles. The molecular weight excluding hydrogens is 206 g/mol. The minimum Gasteiger partial charge on any atom is -0.469 e. The van der Waals surface area contributed by atoms with E-state index in [4.69, 9.17) is 0 Å². The predicted octanol–water partition coefficient (Wildman–Crippen LogP) is 1.33. The standard InChI is InChI=1S/C12H17NO3/c1-9-4-3-5-10(6-9)13-8-11(14)7-12(15)16-2/h3-6,11,13-14H,7-8H2,1-2H3. The molecule has 2 N–H and O–H groups in total. The van der Waals surface area contributed by atoms with Crippen LogP contribution >= 0.6 is 0 Å². The Bertz CT molecular complexity index is 352. The molecule has 1 atom stereocenters. The molecule has 1 aromatic carbocycles. The Morgan fingerprint density at radius 3 is 2.94 bits per heavy atom. The highest BCUT2D eigenvalue weighted by Gasteiger charge is 2.10. The van der Waals surface area contributed by atoms with E-state index in [1.165, 1.54) is 7.11 Å². The zero-order chi connectivity index (χ0) is 12.0. The van der Waals surface area contributed by atoms with Gasteiger partial charge in [-0.25, -0.2) is 0 Å². The maximum absolute atomic E-state index is 10.9. The smallest absolute Gasteiger partial charge is 0.308 e. The molecule has 88 valence electrons. The fourth-order valence-electron chi connectivity index (χ4n) is 1.34. The molecule has 1 rings (SSSR count). The van der Waals surface area contributed by atoms with Crippen LogP contribution in [-0.2, 0) is 9.53 Å².